The first-order chi connectivity index (χ1) is 14.1. The van der Waals surface area contributed by atoms with Crippen molar-refractivity contribution in [2.45, 2.75) is 33.4 Å². The van der Waals surface area contributed by atoms with Crippen molar-refractivity contribution in [2.75, 3.05) is 13.1 Å². The Morgan fingerprint density at radius 1 is 1.00 bits per heavy atom. The summed E-state index contributed by atoms with van der Waals surface area (Å²) >= 11 is 0. The Morgan fingerprint density at radius 3 is 2.10 bits per heavy atom. The van der Waals surface area contributed by atoms with Crippen LogP contribution in [0, 0.1) is 0 Å². The molecule has 3 N–H and O–H groups in total. The van der Waals surface area contributed by atoms with Gasteiger partial charge in [-0.3, -0.25) is 14.1 Å². The number of carbonyl (C=O) groups excluding carboxylic acids is 2. The fourth-order valence-corrected chi connectivity index (χ4v) is 4.46. The van der Waals surface area contributed by atoms with Gasteiger partial charge in [-0.25, -0.2) is 4.57 Å². The van der Waals surface area contributed by atoms with Gasteiger partial charge in [0.05, 0.1) is 13.1 Å². The van der Waals surface area contributed by atoms with E-state index in [1.165, 1.54) is 0 Å². The average molecular weight is 433 g/mol. The van der Waals surface area contributed by atoms with Gasteiger partial charge in [-0.05, 0) is 25.5 Å². The van der Waals surface area contributed by atoms with Gasteiger partial charge in [0.1, 0.15) is 5.69 Å². The summed E-state index contributed by atoms with van der Waals surface area (Å²) in [5.74, 6) is -0.396. The highest BCUT2D eigenvalue weighted by molar-refractivity contribution is 7.46. The Bertz CT molecular complexity index is 1030. The van der Waals surface area contributed by atoms with Crippen molar-refractivity contribution < 1.29 is 28.6 Å². The molecule has 0 saturated carbocycles. The zero-order valence-electron chi connectivity index (χ0n) is 17.2. The van der Waals surface area contributed by atoms with Gasteiger partial charge < -0.3 is 9.79 Å². The van der Waals surface area contributed by atoms with Crippen molar-refractivity contribution in [1.82, 2.24) is 9.96 Å². The quantitative estimate of drug-likeness (QED) is 0.216. The maximum Gasteiger partial charge on any atom is 0.486 e. The standard InChI is InChI=1S/C21H25N2O6P/c1-4-12-23(5-2,14(3)22-29-30(26,27)28)15-10-11-18-19(13-15)21(25)17-9-7-6-8-16(17)20(18)24/h6-11,13-14,22H,4-5,12H2,1-3H3,(H-,26,27,28)/p+1. The van der Waals surface area contributed by atoms with Crippen LogP contribution in [0.15, 0.2) is 42.5 Å². The smallest absolute Gasteiger partial charge is 0.302 e. The van der Waals surface area contributed by atoms with Gasteiger partial charge in [-0.1, -0.05) is 31.2 Å². The first-order valence-corrected chi connectivity index (χ1v) is 11.4. The summed E-state index contributed by atoms with van der Waals surface area (Å²) in [6, 6.07) is 12.0. The van der Waals surface area contributed by atoms with E-state index < -0.39 is 14.0 Å². The molecular formula is C21H26N2O6P+. The minimum atomic E-state index is -4.70. The van der Waals surface area contributed by atoms with Crippen LogP contribution in [0.2, 0.25) is 0 Å². The second-order valence-electron chi connectivity index (χ2n) is 7.38. The summed E-state index contributed by atoms with van der Waals surface area (Å²) in [5.41, 5.74) is 4.71. The minimum absolute atomic E-state index is 0.187. The van der Waals surface area contributed by atoms with Crippen molar-refractivity contribution in [1.29, 1.82) is 0 Å². The van der Waals surface area contributed by atoms with Gasteiger partial charge in [-0.15, -0.1) is 5.48 Å². The lowest BCUT2D eigenvalue weighted by Gasteiger charge is -2.42. The normalized spacial score (nSPS) is 16.6. The highest BCUT2D eigenvalue weighted by Crippen LogP contribution is 2.37. The summed E-state index contributed by atoms with van der Waals surface area (Å²) in [5, 5.41) is 0. The van der Waals surface area contributed by atoms with E-state index in [9.17, 15) is 14.2 Å². The molecule has 0 bridgehead atoms. The zero-order chi connectivity index (χ0) is 22.1. The molecule has 8 nitrogen and oxygen atoms in total. The molecule has 1 aliphatic carbocycles. The molecule has 2 aromatic rings. The molecule has 0 amide bonds. The molecule has 0 heterocycles. The van der Waals surface area contributed by atoms with Gasteiger partial charge in [0.15, 0.2) is 17.7 Å². The SMILES string of the molecule is CCC[N+](CC)(c1ccc2c(c1)C(=O)c1ccccc1C2=O)C(C)NOP(=O)(O)O. The third-order valence-corrected chi connectivity index (χ3v) is 6.04. The van der Waals surface area contributed by atoms with E-state index in [1.54, 1.807) is 49.4 Å². The topological polar surface area (TPSA) is 113 Å². The second kappa shape index (κ2) is 8.51. The summed E-state index contributed by atoms with van der Waals surface area (Å²) in [7, 11) is -4.70. The lowest BCUT2D eigenvalue weighted by molar-refractivity contribution is 0.0412. The van der Waals surface area contributed by atoms with Crippen LogP contribution >= 0.6 is 7.82 Å². The van der Waals surface area contributed by atoms with Crippen LogP contribution in [0.5, 0.6) is 0 Å². The van der Waals surface area contributed by atoms with E-state index in [0.717, 1.165) is 12.1 Å². The lowest BCUT2D eigenvalue weighted by Crippen LogP contribution is -2.61. The predicted molar refractivity (Wildman–Crippen MR) is 113 cm³/mol. The van der Waals surface area contributed by atoms with Crippen LogP contribution in [-0.2, 0) is 9.19 Å². The highest BCUT2D eigenvalue weighted by atomic mass is 31.2. The predicted octanol–water partition coefficient (Wildman–Crippen LogP) is 3.16. The molecule has 2 atom stereocenters. The number of hydrogen-bond donors (Lipinski definition) is 3. The molecule has 0 saturated heterocycles. The Morgan fingerprint density at radius 2 is 1.57 bits per heavy atom. The van der Waals surface area contributed by atoms with Crippen LogP contribution in [0.1, 0.15) is 59.0 Å². The Kier molecular flexibility index (Phi) is 6.38. The number of fused-ring (bicyclic) bond motifs is 2. The van der Waals surface area contributed by atoms with Crippen LogP contribution in [0.4, 0.5) is 5.69 Å². The molecule has 30 heavy (non-hydrogen) atoms. The van der Waals surface area contributed by atoms with Crippen LogP contribution in [0.25, 0.3) is 0 Å². The van der Waals surface area contributed by atoms with Crippen molar-refractivity contribution in [3.05, 3.63) is 64.7 Å². The summed E-state index contributed by atoms with van der Waals surface area (Å²) in [6.45, 7) is 6.92. The maximum atomic E-state index is 13.1. The Labute approximate surface area is 175 Å². The van der Waals surface area contributed by atoms with Gasteiger partial charge >= 0.3 is 7.82 Å². The fourth-order valence-electron chi connectivity index (χ4n) is 4.17. The molecule has 0 radical (unpaired) electrons. The monoisotopic (exact) mass is 433 g/mol. The molecule has 3 rings (SSSR count). The fraction of sp³-hybridized carbons (Fsp3) is 0.333. The van der Waals surface area contributed by atoms with E-state index in [2.05, 4.69) is 10.1 Å². The largest absolute Gasteiger partial charge is 0.486 e. The maximum absolute atomic E-state index is 13.1. The van der Waals surface area contributed by atoms with Crippen LogP contribution in [0.3, 0.4) is 0 Å². The molecule has 0 aromatic heterocycles. The first kappa shape index (κ1) is 22.5. The number of nitrogens with zero attached hydrogens (tertiary/aromatic N) is 1. The van der Waals surface area contributed by atoms with E-state index in [1.807, 2.05) is 13.8 Å². The highest BCUT2D eigenvalue weighted by Gasteiger charge is 2.38. The number of ketones is 2. The molecule has 0 fully saturated rings. The van der Waals surface area contributed by atoms with E-state index in [4.69, 9.17) is 9.79 Å². The van der Waals surface area contributed by atoms with Crippen molar-refractivity contribution in [3.63, 3.8) is 0 Å². The van der Waals surface area contributed by atoms with Crippen LogP contribution in [-0.4, -0.2) is 40.6 Å². The van der Waals surface area contributed by atoms with Crippen LogP contribution < -0.4 is 9.96 Å². The second-order valence-corrected chi connectivity index (χ2v) is 8.55. The van der Waals surface area contributed by atoms with Gasteiger partial charge in [-0.2, -0.15) is 4.62 Å². The van der Waals surface area contributed by atoms with Gasteiger partial charge in [0.25, 0.3) is 0 Å². The van der Waals surface area contributed by atoms with E-state index in [0.29, 0.717) is 35.3 Å². The number of benzene rings is 2. The number of nitrogens with one attached hydrogen (secondary N) is 1. The average Bonchev–Trinajstić information content (AvgIpc) is 2.73. The summed E-state index contributed by atoms with van der Waals surface area (Å²) in [4.78, 5) is 44.1. The molecule has 2 unspecified atom stereocenters. The molecule has 160 valence electrons. The Hall–Kier alpha value is -2.19. The minimum Gasteiger partial charge on any atom is -0.302 e. The summed E-state index contributed by atoms with van der Waals surface area (Å²) < 4.78 is 16.0. The number of hydrogen-bond acceptors (Lipinski definition) is 5. The molecular weight excluding hydrogens is 407 g/mol. The number of quaternary nitrogens is 1. The van der Waals surface area contributed by atoms with E-state index >= 15 is 0 Å². The molecule has 0 spiro atoms. The number of carbonyl (C=O) groups is 2. The molecule has 0 aliphatic heterocycles. The van der Waals surface area contributed by atoms with E-state index in [-0.39, 0.29) is 16.0 Å². The molecule has 9 heteroatoms. The summed E-state index contributed by atoms with van der Waals surface area (Å²) in [6.07, 6.45) is 0.255. The van der Waals surface area contributed by atoms with Crippen molar-refractivity contribution in [2.24, 2.45) is 0 Å². The van der Waals surface area contributed by atoms with Gasteiger partial charge in [0, 0.05) is 35.2 Å². The van der Waals surface area contributed by atoms with Crippen molar-refractivity contribution >= 4 is 25.1 Å². The lowest BCUT2D eigenvalue weighted by atomic mass is 9.83. The zero-order valence-corrected chi connectivity index (χ0v) is 18.1. The number of hydroxylamine groups is 1. The third-order valence-electron chi connectivity index (χ3n) is 5.69. The Balaban J connectivity index is 2.07. The molecule has 1 aliphatic rings. The van der Waals surface area contributed by atoms with Gasteiger partial charge in [0.2, 0.25) is 0 Å². The van der Waals surface area contributed by atoms with Crippen molar-refractivity contribution in [3.8, 4) is 0 Å². The molecule has 2 aromatic carbocycles. The number of phosphoric acid groups is 1. The number of rotatable bonds is 8. The first-order valence-electron chi connectivity index (χ1n) is 9.84. The third kappa shape index (κ3) is 4.03.